The van der Waals surface area contributed by atoms with Gasteiger partial charge in [-0.3, -0.25) is 14.3 Å². The summed E-state index contributed by atoms with van der Waals surface area (Å²) in [4.78, 5) is 39.4. The van der Waals surface area contributed by atoms with Gasteiger partial charge >= 0.3 is 11.7 Å². The molecule has 190 valence electrons. The van der Waals surface area contributed by atoms with Crippen molar-refractivity contribution in [1.82, 2.24) is 19.2 Å². The van der Waals surface area contributed by atoms with Gasteiger partial charge in [0.1, 0.15) is 5.82 Å². The van der Waals surface area contributed by atoms with Crippen molar-refractivity contribution in [2.45, 2.75) is 45.7 Å². The molecule has 36 heavy (non-hydrogen) atoms. The van der Waals surface area contributed by atoms with E-state index in [9.17, 15) is 14.4 Å². The number of nitrogens with zero attached hydrogens (tertiary/aromatic N) is 4. The number of piperidine rings is 1. The molecular formula is C27H33N5O4. The predicted molar refractivity (Wildman–Crippen MR) is 137 cm³/mol. The van der Waals surface area contributed by atoms with Crippen LogP contribution in [-0.2, 0) is 22.6 Å². The first kappa shape index (κ1) is 25.4. The molecule has 0 saturated carbocycles. The molecular weight excluding hydrogens is 458 g/mol. The maximum absolute atomic E-state index is 12.9. The van der Waals surface area contributed by atoms with Crippen molar-refractivity contribution < 1.29 is 14.3 Å². The van der Waals surface area contributed by atoms with E-state index >= 15 is 0 Å². The number of aromatic nitrogens is 3. The summed E-state index contributed by atoms with van der Waals surface area (Å²) in [5.41, 5.74) is 2.06. The number of rotatable bonds is 9. The fourth-order valence-corrected chi connectivity index (χ4v) is 4.57. The number of likely N-dealkylation sites (tertiary alicyclic amines) is 1. The Labute approximate surface area is 210 Å². The molecule has 0 aliphatic carbocycles. The van der Waals surface area contributed by atoms with E-state index in [1.165, 1.54) is 0 Å². The largest absolute Gasteiger partial charge is 0.462 e. The second-order valence-electron chi connectivity index (χ2n) is 8.92. The van der Waals surface area contributed by atoms with Gasteiger partial charge in [-0.15, -0.1) is 0 Å². The Balaban J connectivity index is 1.31. The SMILES string of the molecule is CCOC(=O)c1ccc(NC(=O)CN2CCC(c3nn(Cc4ccccc4)c(=O)n3CC)CC2)cc1. The maximum Gasteiger partial charge on any atom is 0.346 e. The van der Waals surface area contributed by atoms with Crippen LogP contribution in [0.25, 0.3) is 0 Å². The second kappa shape index (κ2) is 11.8. The van der Waals surface area contributed by atoms with Gasteiger partial charge in [-0.25, -0.2) is 14.3 Å². The first-order valence-corrected chi connectivity index (χ1v) is 12.5. The number of ether oxygens (including phenoxy) is 1. The molecule has 1 N–H and O–H groups in total. The highest BCUT2D eigenvalue weighted by Crippen LogP contribution is 2.26. The first-order valence-electron chi connectivity index (χ1n) is 12.5. The lowest BCUT2D eigenvalue weighted by Gasteiger charge is -2.30. The molecule has 2 aromatic carbocycles. The molecule has 1 aliphatic rings. The van der Waals surface area contributed by atoms with Crippen LogP contribution < -0.4 is 11.0 Å². The molecule has 1 saturated heterocycles. The molecule has 0 atom stereocenters. The number of anilines is 1. The van der Waals surface area contributed by atoms with E-state index in [1.54, 1.807) is 40.4 Å². The summed E-state index contributed by atoms with van der Waals surface area (Å²) in [6, 6.07) is 16.6. The minimum Gasteiger partial charge on any atom is -0.462 e. The molecule has 0 spiro atoms. The molecule has 0 unspecified atom stereocenters. The lowest BCUT2D eigenvalue weighted by Crippen LogP contribution is -2.39. The van der Waals surface area contributed by atoms with Crippen molar-refractivity contribution in [2.75, 3.05) is 31.6 Å². The highest BCUT2D eigenvalue weighted by molar-refractivity contribution is 5.94. The highest BCUT2D eigenvalue weighted by Gasteiger charge is 2.27. The van der Waals surface area contributed by atoms with Crippen molar-refractivity contribution in [3.63, 3.8) is 0 Å². The van der Waals surface area contributed by atoms with Gasteiger partial charge < -0.3 is 10.1 Å². The number of amides is 1. The zero-order valence-corrected chi connectivity index (χ0v) is 20.9. The summed E-state index contributed by atoms with van der Waals surface area (Å²) in [7, 11) is 0. The van der Waals surface area contributed by atoms with Crippen molar-refractivity contribution >= 4 is 17.6 Å². The molecule has 1 amide bonds. The summed E-state index contributed by atoms with van der Waals surface area (Å²) >= 11 is 0. The smallest absolute Gasteiger partial charge is 0.346 e. The van der Waals surface area contributed by atoms with Crippen LogP contribution in [0.15, 0.2) is 59.4 Å². The van der Waals surface area contributed by atoms with Crippen LogP contribution in [0.2, 0.25) is 0 Å². The van der Waals surface area contributed by atoms with Crippen LogP contribution in [-0.4, -0.2) is 57.4 Å². The Morgan fingerprint density at radius 1 is 1.03 bits per heavy atom. The van der Waals surface area contributed by atoms with E-state index in [0.29, 0.717) is 30.9 Å². The van der Waals surface area contributed by atoms with Crippen LogP contribution in [0.1, 0.15) is 54.4 Å². The fourth-order valence-electron chi connectivity index (χ4n) is 4.57. The van der Waals surface area contributed by atoms with Crippen molar-refractivity contribution in [1.29, 1.82) is 0 Å². The van der Waals surface area contributed by atoms with Crippen molar-refractivity contribution in [2.24, 2.45) is 0 Å². The van der Waals surface area contributed by atoms with Gasteiger partial charge in [0.05, 0.1) is 25.3 Å². The average Bonchev–Trinajstić information content (AvgIpc) is 3.20. The monoisotopic (exact) mass is 491 g/mol. The standard InChI is InChI=1S/C27H33N5O4/c1-3-31-25(29-32(27(31)35)18-20-8-6-5-7-9-20)21-14-16-30(17-15-21)19-24(33)28-23-12-10-22(11-13-23)26(34)36-4-2/h5-13,21H,3-4,14-19H2,1-2H3,(H,28,33). The number of esters is 1. The highest BCUT2D eigenvalue weighted by atomic mass is 16.5. The van der Waals surface area contributed by atoms with Crippen molar-refractivity contribution in [3.05, 3.63) is 82.0 Å². The van der Waals surface area contributed by atoms with E-state index < -0.39 is 0 Å². The molecule has 1 aromatic heterocycles. The van der Waals surface area contributed by atoms with Gasteiger partial charge in [-0.1, -0.05) is 30.3 Å². The van der Waals surface area contributed by atoms with Gasteiger partial charge in [0.25, 0.3) is 0 Å². The van der Waals surface area contributed by atoms with Crippen LogP contribution in [0.3, 0.4) is 0 Å². The predicted octanol–water partition coefficient (Wildman–Crippen LogP) is 3.11. The third-order valence-corrected chi connectivity index (χ3v) is 6.44. The van der Waals surface area contributed by atoms with E-state index in [1.807, 2.05) is 37.3 Å². The average molecular weight is 492 g/mol. The Morgan fingerprint density at radius 3 is 2.36 bits per heavy atom. The fraction of sp³-hybridized carbons (Fsp3) is 0.407. The van der Waals surface area contributed by atoms with E-state index in [4.69, 9.17) is 9.84 Å². The number of carbonyl (C=O) groups excluding carboxylic acids is 2. The van der Waals surface area contributed by atoms with E-state index in [2.05, 4.69) is 10.2 Å². The summed E-state index contributed by atoms with van der Waals surface area (Å²) in [6.45, 7) is 6.89. The zero-order valence-electron chi connectivity index (χ0n) is 20.9. The summed E-state index contributed by atoms with van der Waals surface area (Å²) in [5, 5.41) is 7.60. The molecule has 9 nitrogen and oxygen atoms in total. The Hall–Kier alpha value is -3.72. The van der Waals surface area contributed by atoms with E-state index in [-0.39, 0.29) is 30.0 Å². The first-order chi connectivity index (χ1) is 17.5. The third-order valence-electron chi connectivity index (χ3n) is 6.44. The topological polar surface area (TPSA) is 98.5 Å². The minimum atomic E-state index is -0.378. The Kier molecular flexibility index (Phi) is 8.32. The van der Waals surface area contributed by atoms with Crippen LogP contribution in [0.4, 0.5) is 5.69 Å². The molecule has 0 bridgehead atoms. The zero-order chi connectivity index (χ0) is 25.5. The van der Waals surface area contributed by atoms with Gasteiger partial charge in [-0.05, 0) is 69.6 Å². The number of benzene rings is 2. The minimum absolute atomic E-state index is 0.0767. The maximum atomic E-state index is 12.9. The number of nitrogens with one attached hydrogen (secondary N) is 1. The molecule has 9 heteroatoms. The van der Waals surface area contributed by atoms with Gasteiger partial charge in [0, 0.05) is 18.2 Å². The number of hydrogen-bond acceptors (Lipinski definition) is 6. The molecule has 0 radical (unpaired) electrons. The molecule has 1 fully saturated rings. The molecule has 1 aliphatic heterocycles. The van der Waals surface area contributed by atoms with Gasteiger partial charge in [0.15, 0.2) is 0 Å². The Morgan fingerprint density at radius 2 is 1.72 bits per heavy atom. The summed E-state index contributed by atoms with van der Waals surface area (Å²) in [5.74, 6) is 0.542. The third kappa shape index (κ3) is 6.09. The van der Waals surface area contributed by atoms with Gasteiger partial charge in [-0.2, -0.15) is 5.10 Å². The normalized spacial score (nSPS) is 14.5. The van der Waals surface area contributed by atoms with Crippen LogP contribution in [0, 0.1) is 0 Å². The quantitative estimate of drug-likeness (QED) is 0.462. The summed E-state index contributed by atoms with van der Waals surface area (Å²) < 4.78 is 8.31. The molecule has 4 rings (SSSR count). The molecule has 3 aromatic rings. The van der Waals surface area contributed by atoms with Crippen LogP contribution in [0.5, 0.6) is 0 Å². The van der Waals surface area contributed by atoms with Crippen molar-refractivity contribution in [3.8, 4) is 0 Å². The molecule has 2 heterocycles. The number of carbonyl (C=O) groups is 2. The summed E-state index contributed by atoms with van der Waals surface area (Å²) in [6.07, 6.45) is 1.67. The van der Waals surface area contributed by atoms with Gasteiger partial charge in [0.2, 0.25) is 5.91 Å². The lowest BCUT2D eigenvalue weighted by atomic mass is 9.96. The lowest BCUT2D eigenvalue weighted by molar-refractivity contribution is -0.117. The van der Waals surface area contributed by atoms with Crippen LogP contribution >= 0.6 is 0 Å². The number of hydrogen-bond donors (Lipinski definition) is 1. The Bertz CT molecular complexity index is 1230. The second-order valence-corrected chi connectivity index (χ2v) is 8.92. The van der Waals surface area contributed by atoms with E-state index in [0.717, 1.165) is 37.3 Å².